The van der Waals surface area contributed by atoms with Gasteiger partial charge in [0.15, 0.2) is 0 Å². The summed E-state index contributed by atoms with van der Waals surface area (Å²) in [5, 5.41) is 4.03. The van der Waals surface area contributed by atoms with Gasteiger partial charge in [-0.1, -0.05) is 18.2 Å². The van der Waals surface area contributed by atoms with Crippen molar-refractivity contribution >= 4 is 11.9 Å². The third-order valence-electron chi connectivity index (χ3n) is 5.37. The molecular formula is C21H27FN4O3. The first-order valence-corrected chi connectivity index (χ1v) is 10.0. The number of aryl methyl sites for hydroxylation is 1. The van der Waals surface area contributed by atoms with Gasteiger partial charge in [0, 0.05) is 26.1 Å². The lowest BCUT2D eigenvalue weighted by molar-refractivity contribution is -0.160. The van der Waals surface area contributed by atoms with E-state index in [0.29, 0.717) is 44.3 Å². The topological polar surface area (TPSA) is 77.3 Å². The van der Waals surface area contributed by atoms with Crippen LogP contribution in [0.5, 0.6) is 0 Å². The van der Waals surface area contributed by atoms with Crippen LogP contribution >= 0.6 is 0 Å². The first-order valence-electron chi connectivity index (χ1n) is 10.0. The van der Waals surface area contributed by atoms with Crippen molar-refractivity contribution in [1.29, 1.82) is 0 Å². The smallest absolute Gasteiger partial charge is 0.314 e. The SMILES string of the molecule is CCOC(=O)C1(Cc2ccccc2F)CCCN(C(=O)CCCn2cncn2)C1. The lowest BCUT2D eigenvalue weighted by Gasteiger charge is -2.41. The number of hydrogen-bond acceptors (Lipinski definition) is 5. The largest absolute Gasteiger partial charge is 0.466 e. The molecule has 1 aliphatic rings. The maximum atomic E-state index is 14.3. The molecule has 0 radical (unpaired) electrons. The van der Waals surface area contributed by atoms with Crippen molar-refractivity contribution in [3.8, 4) is 0 Å². The van der Waals surface area contributed by atoms with Crippen molar-refractivity contribution in [3.05, 3.63) is 48.3 Å². The summed E-state index contributed by atoms with van der Waals surface area (Å²) in [6.07, 6.45) is 5.55. The van der Waals surface area contributed by atoms with Gasteiger partial charge in [-0.15, -0.1) is 0 Å². The van der Waals surface area contributed by atoms with Crippen molar-refractivity contribution in [3.63, 3.8) is 0 Å². The van der Waals surface area contributed by atoms with E-state index in [1.165, 1.54) is 12.4 Å². The normalized spacial score (nSPS) is 19.2. The molecule has 1 amide bonds. The van der Waals surface area contributed by atoms with Gasteiger partial charge in [0.25, 0.3) is 0 Å². The summed E-state index contributed by atoms with van der Waals surface area (Å²) in [5.74, 6) is -0.706. The average Bonchev–Trinajstić information content (AvgIpc) is 3.23. The molecule has 7 nitrogen and oxygen atoms in total. The van der Waals surface area contributed by atoms with Crippen LogP contribution in [-0.4, -0.2) is 51.2 Å². The maximum absolute atomic E-state index is 14.3. The Labute approximate surface area is 169 Å². The highest BCUT2D eigenvalue weighted by atomic mass is 19.1. The van der Waals surface area contributed by atoms with Crippen molar-refractivity contribution in [2.45, 2.75) is 45.6 Å². The minimum absolute atomic E-state index is 0.00739. The quantitative estimate of drug-likeness (QED) is 0.635. The van der Waals surface area contributed by atoms with E-state index in [0.717, 1.165) is 0 Å². The summed E-state index contributed by atoms with van der Waals surface area (Å²) < 4.78 is 21.3. The van der Waals surface area contributed by atoms with Gasteiger partial charge in [0.2, 0.25) is 5.91 Å². The third kappa shape index (κ3) is 5.19. The Morgan fingerprint density at radius 2 is 2.14 bits per heavy atom. The molecule has 2 aromatic rings. The number of benzene rings is 1. The van der Waals surface area contributed by atoms with E-state index in [1.807, 2.05) is 0 Å². The fourth-order valence-corrected chi connectivity index (χ4v) is 3.92. The number of likely N-dealkylation sites (tertiary alicyclic amines) is 1. The van der Waals surface area contributed by atoms with E-state index in [1.54, 1.807) is 41.0 Å². The minimum Gasteiger partial charge on any atom is -0.466 e. The van der Waals surface area contributed by atoms with E-state index in [4.69, 9.17) is 4.74 Å². The van der Waals surface area contributed by atoms with E-state index < -0.39 is 5.41 Å². The zero-order valence-corrected chi connectivity index (χ0v) is 16.7. The fraction of sp³-hybridized carbons (Fsp3) is 0.524. The van der Waals surface area contributed by atoms with Gasteiger partial charge >= 0.3 is 5.97 Å². The molecular weight excluding hydrogens is 375 g/mol. The van der Waals surface area contributed by atoms with Crippen LogP contribution in [0.4, 0.5) is 4.39 Å². The Morgan fingerprint density at radius 3 is 2.86 bits per heavy atom. The lowest BCUT2D eigenvalue weighted by atomic mass is 9.74. The zero-order valence-electron chi connectivity index (χ0n) is 16.7. The van der Waals surface area contributed by atoms with Gasteiger partial charge in [0.05, 0.1) is 12.0 Å². The van der Waals surface area contributed by atoms with Crippen LogP contribution in [0.25, 0.3) is 0 Å². The number of rotatable bonds is 8. The third-order valence-corrected chi connectivity index (χ3v) is 5.37. The zero-order chi connectivity index (χ0) is 20.7. The number of ether oxygens (including phenoxy) is 1. The van der Waals surface area contributed by atoms with Crippen molar-refractivity contribution in [2.24, 2.45) is 5.41 Å². The Bertz CT molecular complexity index is 827. The second-order valence-corrected chi connectivity index (χ2v) is 7.45. The number of esters is 1. The first kappa shape index (κ1) is 21.0. The predicted octanol–water partition coefficient (Wildman–Crippen LogP) is 2.61. The van der Waals surface area contributed by atoms with Crippen molar-refractivity contribution < 1.29 is 18.7 Å². The number of carbonyl (C=O) groups is 2. The predicted molar refractivity (Wildman–Crippen MR) is 104 cm³/mol. The lowest BCUT2D eigenvalue weighted by Crippen LogP contribution is -2.51. The summed E-state index contributed by atoms with van der Waals surface area (Å²) in [7, 11) is 0. The number of nitrogens with zero attached hydrogens (tertiary/aromatic N) is 4. The van der Waals surface area contributed by atoms with E-state index in [-0.39, 0.29) is 37.3 Å². The Morgan fingerprint density at radius 1 is 1.31 bits per heavy atom. The molecule has 1 aromatic heterocycles. The Kier molecular flexibility index (Phi) is 6.95. The van der Waals surface area contributed by atoms with E-state index in [2.05, 4.69) is 10.1 Å². The molecule has 29 heavy (non-hydrogen) atoms. The molecule has 0 spiro atoms. The standard InChI is InChI=1S/C21H27FN4O3/c1-2-29-20(28)21(13-17-7-3-4-8-18(17)22)10-6-11-25(14-21)19(27)9-5-12-26-16-23-15-24-26/h3-4,7-8,15-16H,2,5-6,9-14H2,1H3. The van der Waals surface area contributed by atoms with Crippen molar-refractivity contribution in [2.75, 3.05) is 19.7 Å². The van der Waals surface area contributed by atoms with Crippen molar-refractivity contribution in [1.82, 2.24) is 19.7 Å². The van der Waals surface area contributed by atoms with E-state index >= 15 is 0 Å². The summed E-state index contributed by atoms with van der Waals surface area (Å²) in [6, 6.07) is 6.47. The molecule has 0 saturated carbocycles. The number of carbonyl (C=O) groups excluding carboxylic acids is 2. The maximum Gasteiger partial charge on any atom is 0.314 e. The summed E-state index contributed by atoms with van der Waals surface area (Å²) in [6.45, 7) is 3.47. The molecule has 0 N–H and O–H groups in total. The van der Waals surface area contributed by atoms with Crippen LogP contribution < -0.4 is 0 Å². The molecule has 1 fully saturated rings. The van der Waals surface area contributed by atoms with Crippen LogP contribution in [-0.2, 0) is 27.3 Å². The molecule has 0 aliphatic carbocycles. The van der Waals surface area contributed by atoms with Crippen LogP contribution in [0.2, 0.25) is 0 Å². The molecule has 0 bridgehead atoms. The number of piperidine rings is 1. The molecule has 1 saturated heterocycles. The van der Waals surface area contributed by atoms with E-state index in [9.17, 15) is 14.0 Å². The molecule has 1 atom stereocenters. The van der Waals surface area contributed by atoms with Gasteiger partial charge in [-0.2, -0.15) is 5.10 Å². The summed E-state index contributed by atoms with van der Waals surface area (Å²) >= 11 is 0. The first-order chi connectivity index (χ1) is 14.0. The molecule has 2 heterocycles. The highest BCUT2D eigenvalue weighted by Crippen LogP contribution is 2.36. The summed E-state index contributed by atoms with van der Waals surface area (Å²) in [4.78, 5) is 31.3. The van der Waals surface area contributed by atoms with Gasteiger partial charge in [0.1, 0.15) is 18.5 Å². The minimum atomic E-state index is -0.919. The van der Waals surface area contributed by atoms with Gasteiger partial charge in [-0.05, 0) is 44.2 Å². The second kappa shape index (κ2) is 9.62. The Hall–Kier alpha value is -2.77. The number of hydrogen-bond donors (Lipinski definition) is 0. The van der Waals surface area contributed by atoms with Gasteiger partial charge < -0.3 is 9.64 Å². The summed E-state index contributed by atoms with van der Waals surface area (Å²) in [5.41, 5.74) is -0.445. The fourth-order valence-electron chi connectivity index (χ4n) is 3.92. The number of aromatic nitrogens is 3. The molecule has 1 aliphatic heterocycles. The van der Waals surface area contributed by atoms with Crippen LogP contribution in [0.15, 0.2) is 36.9 Å². The van der Waals surface area contributed by atoms with Crippen LogP contribution in [0.1, 0.15) is 38.2 Å². The average molecular weight is 402 g/mol. The number of halogens is 1. The molecule has 156 valence electrons. The highest BCUT2D eigenvalue weighted by Gasteiger charge is 2.45. The Balaban J connectivity index is 1.70. The molecule has 3 rings (SSSR count). The highest BCUT2D eigenvalue weighted by molar-refractivity contribution is 5.81. The number of amides is 1. The van der Waals surface area contributed by atoms with Gasteiger partial charge in [-0.3, -0.25) is 14.3 Å². The molecule has 8 heteroatoms. The van der Waals surface area contributed by atoms with Crippen LogP contribution in [0.3, 0.4) is 0 Å². The van der Waals surface area contributed by atoms with Crippen LogP contribution in [0, 0.1) is 11.2 Å². The monoisotopic (exact) mass is 402 g/mol. The second-order valence-electron chi connectivity index (χ2n) is 7.45. The molecule has 1 unspecified atom stereocenters. The van der Waals surface area contributed by atoms with Gasteiger partial charge in [-0.25, -0.2) is 9.37 Å². The molecule has 1 aromatic carbocycles.